The van der Waals surface area contributed by atoms with Crippen LogP contribution in [0.2, 0.25) is 0 Å². The number of carbonyl (C=O) groups excluding carboxylic acids is 1. The number of halogens is 1. The highest BCUT2D eigenvalue weighted by Crippen LogP contribution is 2.09. The Bertz CT molecular complexity index is 363. The van der Waals surface area contributed by atoms with Crippen molar-refractivity contribution in [1.29, 1.82) is 0 Å². The van der Waals surface area contributed by atoms with Gasteiger partial charge in [-0.3, -0.25) is 4.79 Å². The van der Waals surface area contributed by atoms with Gasteiger partial charge in [-0.2, -0.15) is 0 Å². The Morgan fingerprint density at radius 1 is 1.28 bits per heavy atom. The molecule has 1 amide bonds. The molecule has 18 heavy (non-hydrogen) atoms. The summed E-state index contributed by atoms with van der Waals surface area (Å²) in [7, 11) is 0. The number of amides is 1. The lowest BCUT2D eigenvalue weighted by molar-refractivity contribution is 0.0746. The van der Waals surface area contributed by atoms with Crippen molar-refractivity contribution in [3.8, 4) is 0 Å². The van der Waals surface area contributed by atoms with Gasteiger partial charge in [-0.25, -0.2) is 0 Å². The van der Waals surface area contributed by atoms with Gasteiger partial charge in [0.2, 0.25) is 0 Å². The van der Waals surface area contributed by atoms with Crippen molar-refractivity contribution in [3.05, 3.63) is 35.4 Å². The van der Waals surface area contributed by atoms with E-state index in [1.54, 1.807) is 0 Å². The zero-order valence-electron chi connectivity index (χ0n) is 11.3. The molecule has 0 spiro atoms. The van der Waals surface area contributed by atoms with Crippen LogP contribution in [0.1, 0.15) is 36.7 Å². The van der Waals surface area contributed by atoms with Crippen LogP contribution in [0, 0.1) is 5.92 Å². The van der Waals surface area contributed by atoms with Crippen molar-refractivity contribution in [3.63, 3.8) is 0 Å². The summed E-state index contributed by atoms with van der Waals surface area (Å²) in [6.07, 6.45) is 0. The van der Waals surface area contributed by atoms with Crippen LogP contribution < -0.4 is 5.73 Å². The minimum absolute atomic E-state index is 0. The molecule has 0 fully saturated rings. The molecule has 0 atom stereocenters. The van der Waals surface area contributed by atoms with Gasteiger partial charge in [0.15, 0.2) is 0 Å². The Morgan fingerprint density at radius 2 is 1.83 bits per heavy atom. The largest absolute Gasteiger partial charge is 0.339 e. The Kier molecular flexibility index (Phi) is 7.64. The van der Waals surface area contributed by atoms with Crippen LogP contribution in [0.4, 0.5) is 0 Å². The van der Waals surface area contributed by atoms with Gasteiger partial charge in [0, 0.05) is 25.2 Å². The van der Waals surface area contributed by atoms with E-state index in [0.717, 1.165) is 24.2 Å². The third-order valence-corrected chi connectivity index (χ3v) is 2.69. The maximum Gasteiger partial charge on any atom is 0.253 e. The Morgan fingerprint density at radius 3 is 2.22 bits per heavy atom. The smallest absolute Gasteiger partial charge is 0.253 e. The topological polar surface area (TPSA) is 46.3 Å². The highest BCUT2D eigenvalue weighted by Gasteiger charge is 2.14. The minimum atomic E-state index is 0. The zero-order chi connectivity index (χ0) is 12.8. The molecule has 0 aliphatic carbocycles. The lowest BCUT2D eigenvalue weighted by atomic mass is 10.1. The fraction of sp³-hybridized carbons (Fsp3) is 0.500. The first-order valence-electron chi connectivity index (χ1n) is 6.16. The quantitative estimate of drug-likeness (QED) is 0.894. The van der Waals surface area contributed by atoms with Gasteiger partial charge >= 0.3 is 0 Å². The number of nitrogens with two attached hydrogens (primary N) is 1. The van der Waals surface area contributed by atoms with Gasteiger partial charge in [-0.05, 0) is 30.5 Å². The summed E-state index contributed by atoms with van der Waals surface area (Å²) in [5.41, 5.74) is 7.32. The monoisotopic (exact) mass is 270 g/mol. The fourth-order valence-electron chi connectivity index (χ4n) is 1.76. The van der Waals surface area contributed by atoms with Crippen LogP contribution >= 0.6 is 12.4 Å². The summed E-state index contributed by atoms with van der Waals surface area (Å²) in [5.74, 6) is 0.590. The van der Waals surface area contributed by atoms with Crippen molar-refractivity contribution < 1.29 is 4.79 Å². The van der Waals surface area contributed by atoms with Crippen LogP contribution in [0.25, 0.3) is 0 Å². The second-order valence-corrected chi connectivity index (χ2v) is 4.64. The molecule has 0 aliphatic heterocycles. The zero-order valence-corrected chi connectivity index (χ0v) is 12.2. The predicted molar refractivity (Wildman–Crippen MR) is 78.0 cm³/mol. The van der Waals surface area contributed by atoms with E-state index in [1.165, 1.54) is 0 Å². The predicted octanol–water partition coefficient (Wildman–Crippen LogP) is 2.69. The first kappa shape index (κ1) is 16.9. The van der Waals surface area contributed by atoms with Crippen LogP contribution in [-0.2, 0) is 6.54 Å². The molecule has 3 nitrogen and oxygen atoms in total. The van der Waals surface area contributed by atoms with Crippen LogP contribution in [0.3, 0.4) is 0 Å². The minimum Gasteiger partial charge on any atom is -0.339 e. The second kappa shape index (κ2) is 8.11. The standard InChI is InChI=1S/C14H22N2O.ClH/c1-4-16(10-11(2)3)14(17)13-7-5-12(9-15)6-8-13;/h5-8,11H,4,9-10,15H2,1-3H3;1H. The summed E-state index contributed by atoms with van der Waals surface area (Å²) >= 11 is 0. The molecule has 0 bridgehead atoms. The maximum atomic E-state index is 12.2. The highest BCUT2D eigenvalue weighted by molar-refractivity contribution is 5.94. The van der Waals surface area contributed by atoms with Crippen molar-refractivity contribution >= 4 is 18.3 Å². The van der Waals surface area contributed by atoms with Crippen molar-refractivity contribution in [2.45, 2.75) is 27.3 Å². The molecule has 2 N–H and O–H groups in total. The first-order chi connectivity index (χ1) is 8.08. The third-order valence-electron chi connectivity index (χ3n) is 2.69. The first-order valence-corrected chi connectivity index (χ1v) is 6.16. The van der Waals surface area contributed by atoms with Crippen LogP contribution in [0.15, 0.2) is 24.3 Å². The lowest BCUT2D eigenvalue weighted by Gasteiger charge is -2.23. The molecule has 0 unspecified atom stereocenters. The summed E-state index contributed by atoms with van der Waals surface area (Å²) in [4.78, 5) is 14.1. The number of hydrogen-bond acceptors (Lipinski definition) is 2. The molecular weight excluding hydrogens is 248 g/mol. The van der Waals surface area contributed by atoms with Crippen LogP contribution in [0.5, 0.6) is 0 Å². The fourth-order valence-corrected chi connectivity index (χ4v) is 1.76. The van der Waals surface area contributed by atoms with E-state index in [1.807, 2.05) is 36.1 Å². The molecule has 0 saturated carbocycles. The van der Waals surface area contributed by atoms with Gasteiger partial charge < -0.3 is 10.6 Å². The third kappa shape index (κ3) is 4.67. The Balaban J connectivity index is 0.00000289. The van der Waals surface area contributed by atoms with Gasteiger partial charge in [0.25, 0.3) is 5.91 Å². The normalized spacial score (nSPS) is 10.1. The number of nitrogens with zero attached hydrogens (tertiary/aromatic N) is 1. The summed E-state index contributed by atoms with van der Waals surface area (Å²) < 4.78 is 0. The number of rotatable bonds is 5. The van der Waals surface area contributed by atoms with Gasteiger partial charge in [0.05, 0.1) is 0 Å². The molecule has 1 rings (SSSR count). The number of hydrogen-bond donors (Lipinski definition) is 1. The van der Waals surface area contributed by atoms with Gasteiger partial charge in [-0.1, -0.05) is 26.0 Å². The molecule has 0 saturated heterocycles. The van der Waals surface area contributed by atoms with Crippen molar-refractivity contribution in [2.24, 2.45) is 11.7 Å². The maximum absolute atomic E-state index is 12.2. The average Bonchev–Trinajstić information content (AvgIpc) is 2.35. The van der Waals surface area contributed by atoms with Gasteiger partial charge in [-0.15, -0.1) is 12.4 Å². The van der Waals surface area contributed by atoms with E-state index in [4.69, 9.17) is 5.73 Å². The van der Waals surface area contributed by atoms with E-state index in [2.05, 4.69) is 13.8 Å². The van der Waals surface area contributed by atoms with Crippen LogP contribution in [-0.4, -0.2) is 23.9 Å². The molecule has 1 aromatic carbocycles. The summed E-state index contributed by atoms with van der Waals surface area (Å²) in [6.45, 7) is 8.30. The molecule has 0 aliphatic rings. The van der Waals surface area contributed by atoms with E-state index < -0.39 is 0 Å². The van der Waals surface area contributed by atoms with E-state index in [-0.39, 0.29) is 18.3 Å². The van der Waals surface area contributed by atoms with Gasteiger partial charge in [0.1, 0.15) is 0 Å². The Labute approximate surface area is 116 Å². The summed E-state index contributed by atoms with van der Waals surface area (Å²) in [6, 6.07) is 7.54. The number of carbonyl (C=O) groups is 1. The van der Waals surface area contributed by atoms with E-state index in [9.17, 15) is 4.79 Å². The van der Waals surface area contributed by atoms with E-state index >= 15 is 0 Å². The highest BCUT2D eigenvalue weighted by atomic mass is 35.5. The average molecular weight is 271 g/mol. The lowest BCUT2D eigenvalue weighted by Crippen LogP contribution is -2.33. The molecular formula is C14H23ClN2O. The van der Waals surface area contributed by atoms with E-state index in [0.29, 0.717) is 12.5 Å². The molecule has 0 aromatic heterocycles. The number of benzene rings is 1. The second-order valence-electron chi connectivity index (χ2n) is 4.64. The summed E-state index contributed by atoms with van der Waals surface area (Å²) in [5, 5.41) is 0. The molecule has 1 aromatic rings. The van der Waals surface area contributed by atoms with Crippen molar-refractivity contribution in [2.75, 3.05) is 13.1 Å². The SMILES string of the molecule is CCN(CC(C)C)C(=O)c1ccc(CN)cc1.Cl. The molecule has 0 radical (unpaired) electrons. The Hall–Kier alpha value is -1.06. The van der Waals surface area contributed by atoms with Crippen molar-refractivity contribution in [1.82, 2.24) is 4.90 Å². The molecule has 0 heterocycles. The molecule has 102 valence electrons. The molecule has 4 heteroatoms.